The molecule has 70 heavy (non-hydrogen) atoms. The van der Waals surface area contributed by atoms with Crippen LogP contribution in [0.4, 0.5) is 9.59 Å². The highest BCUT2D eigenvalue weighted by Crippen LogP contribution is 2.37. The molecule has 19 heteroatoms. The van der Waals surface area contributed by atoms with E-state index >= 15 is 0 Å². The van der Waals surface area contributed by atoms with Crippen molar-refractivity contribution in [2.75, 3.05) is 137 Å². The zero-order chi connectivity index (χ0) is 49.8. The number of hydrogen-bond donors (Lipinski definition) is 0. The van der Waals surface area contributed by atoms with Crippen molar-refractivity contribution in [3.8, 4) is 0 Å². The molecule has 2 aromatic carbocycles. The molecule has 0 aromatic heterocycles. The van der Waals surface area contributed by atoms with Crippen molar-refractivity contribution in [2.45, 2.75) is 84.1 Å². The average Bonchev–Trinajstić information content (AvgIpc) is 3.89. The molecule has 2 atom stereocenters. The number of cyclic esters (lactones) is 2. The van der Waals surface area contributed by atoms with Crippen molar-refractivity contribution in [1.82, 2.24) is 34.3 Å². The second kappa shape index (κ2) is 28.0. The van der Waals surface area contributed by atoms with Crippen LogP contribution in [0.3, 0.4) is 0 Å². The molecule has 0 saturated carbocycles. The van der Waals surface area contributed by atoms with Gasteiger partial charge in [0.2, 0.25) is 0 Å². The second-order valence-electron chi connectivity index (χ2n) is 19.3. The van der Waals surface area contributed by atoms with Gasteiger partial charge < -0.3 is 38.5 Å². The number of carbonyl (C=O) groups excluding carboxylic acids is 4. The average molecular weight is 998 g/mol. The number of rotatable bonds is 24. The van der Waals surface area contributed by atoms with E-state index in [2.05, 4.69) is 79.1 Å². The fraction of sp³-hybridized carbons (Fsp3) is 0.686. The summed E-state index contributed by atoms with van der Waals surface area (Å²) in [4.78, 5) is 65.1. The largest absolute Gasteiger partial charge is 0.466 e. The Bertz CT molecular complexity index is 2010. The van der Waals surface area contributed by atoms with Crippen molar-refractivity contribution in [3.63, 3.8) is 0 Å². The number of nitrogens with zero attached hydrogens (tertiary/aromatic N) is 7. The molecule has 2 amide bonds. The summed E-state index contributed by atoms with van der Waals surface area (Å²) in [6.07, 6.45) is 4.71. The molecule has 0 spiro atoms. The molecule has 0 N–H and O–H groups in total. The van der Waals surface area contributed by atoms with Crippen molar-refractivity contribution < 1.29 is 50.7 Å². The van der Waals surface area contributed by atoms with Gasteiger partial charge in [0, 0.05) is 85.1 Å². The lowest BCUT2D eigenvalue weighted by molar-refractivity contribution is -0.165. The van der Waals surface area contributed by atoms with Crippen LogP contribution in [0, 0.1) is 5.41 Å². The van der Waals surface area contributed by atoms with E-state index in [-0.39, 0.29) is 49.9 Å². The van der Waals surface area contributed by atoms with Crippen LogP contribution >= 0.6 is 0 Å². The first kappa shape index (κ1) is 55.0. The number of benzene rings is 2. The number of esters is 2. The molecule has 2 unspecified atom stereocenters. The van der Waals surface area contributed by atoms with Gasteiger partial charge in [-0.2, -0.15) is 8.42 Å². The second-order valence-corrected chi connectivity index (χ2v) is 20.9. The van der Waals surface area contributed by atoms with Gasteiger partial charge >= 0.3 is 24.1 Å². The Labute approximate surface area is 416 Å². The normalized spacial score (nSPS) is 21.8. The van der Waals surface area contributed by atoms with Gasteiger partial charge in [-0.3, -0.25) is 28.5 Å². The molecule has 5 aliphatic rings. The molecule has 5 fully saturated rings. The standard InChI is InChI=1S/C31H48N4O6.C20H31N3O5S/c1-3-39-28(36)22-31(29(37)40-4-2)12-16-33(17-13-31)24-27-25-35(30(38)41-27)15-9-8-14-32-18-20-34(21-19-32)23-26-10-6-5-7-11-26;1-29(25,26)27-17-19-16-23(20(24)28-19)10-6-5-9-21-11-13-22(14-12-21)15-18-7-3-2-4-8-18/h5-7,10-11,27H,3-4,8-9,12-25H2,1-2H3;2-4,7-8,19H,5-6,9-17H2,1H3. The zero-order valence-electron chi connectivity index (χ0n) is 42.0. The summed E-state index contributed by atoms with van der Waals surface area (Å²) in [5.41, 5.74) is 1.89. The van der Waals surface area contributed by atoms with Crippen LogP contribution in [0.2, 0.25) is 0 Å². The molecule has 2 aromatic rings. The van der Waals surface area contributed by atoms with Gasteiger partial charge in [0.25, 0.3) is 10.1 Å². The number of ether oxygens (including phenoxy) is 4. The van der Waals surface area contributed by atoms with Gasteiger partial charge in [-0.05, 0) is 89.7 Å². The van der Waals surface area contributed by atoms with E-state index in [1.165, 1.54) is 11.1 Å². The lowest BCUT2D eigenvalue weighted by atomic mass is 9.75. The Kier molecular flexibility index (Phi) is 22.0. The van der Waals surface area contributed by atoms with Gasteiger partial charge in [0.1, 0.15) is 18.8 Å². The van der Waals surface area contributed by atoms with Gasteiger partial charge in [-0.15, -0.1) is 0 Å². The van der Waals surface area contributed by atoms with Crippen LogP contribution in [-0.4, -0.2) is 216 Å². The Hall–Kier alpha value is -4.37. The van der Waals surface area contributed by atoms with Crippen molar-refractivity contribution in [2.24, 2.45) is 5.41 Å². The lowest BCUT2D eigenvalue weighted by Gasteiger charge is -2.39. The van der Waals surface area contributed by atoms with Crippen molar-refractivity contribution in [3.05, 3.63) is 71.8 Å². The number of unbranched alkanes of at least 4 members (excludes halogenated alkanes) is 2. The Morgan fingerprint density at radius 3 is 1.51 bits per heavy atom. The number of amides is 2. The molecule has 5 aliphatic heterocycles. The molecule has 18 nitrogen and oxygen atoms in total. The van der Waals surface area contributed by atoms with Crippen molar-refractivity contribution in [1.29, 1.82) is 0 Å². The number of piperazine rings is 2. The highest BCUT2D eigenvalue weighted by atomic mass is 32.2. The van der Waals surface area contributed by atoms with Gasteiger partial charge in [-0.1, -0.05) is 60.7 Å². The highest BCUT2D eigenvalue weighted by Gasteiger charge is 2.45. The molecule has 390 valence electrons. The minimum Gasteiger partial charge on any atom is -0.466 e. The molecular formula is C51H79N7O11S. The first-order valence-electron chi connectivity index (χ1n) is 25.6. The summed E-state index contributed by atoms with van der Waals surface area (Å²) >= 11 is 0. The summed E-state index contributed by atoms with van der Waals surface area (Å²) < 4.78 is 48.1. The summed E-state index contributed by atoms with van der Waals surface area (Å²) in [5.74, 6) is -0.681. The predicted octanol–water partition coefficient (Wildman–Crippen LogP) is 4.39. The lowest BCUT2D eigenvalue weighted by Crippen LogP contribution is -2.48. The van der Waals surface area contributed by atoms with E-state index in [1.54, 1.807) is 18.7 Å². The first-order valence-corrected chi connectivity index (χ1v) is 27.4. The molecule has 0 bridgehead atoms. The third kappa shape index (κ3) is 18.3. The Balaban J connectivity index is 0.000000244. The van der Waals surface area contributed by atoms with E-state index in [0.717, 1.165) is 117 Å². The fourth-order valence-electron chi connectivity index (χ4n) is 9.87. The molecule has 0 radical (unpaired) electrons. The molecule has 5 saturated heterocycles. The van der Waals surface area contributed by atoms with E-state index in [9.17, 15) is 27.6 Å². The third-order valence-electron chi connectivity index (χ3n) is 13.9. The first-order chi connectivity index (χ1) is 33.8. The number of carbonyl (C=O) groups is 4. The number of piperidine rings is 1. The van der Waals surface area contributed by atoms with Gasteiger partial charge in [0.15, 0.2) is 0 Å². The Morgan fingerprint density at radius 2 is 1.04 bits per heavy atom. The van der Waals surface area contributed by atoms with Crippen LogP contribution < -0.4 is 0 Å². The quantitative estimate of drug-likeness (QED) is 0.0628. The van der Waals surface area contributed by atoms with E-state index in [0.29, 0.717) is 58.7 Å². The summed E-state index contributed by atoms with van der Waals surface area (Å²) in [7, 11) is -3.52. The van der Waals surface area contributed by atoms with Gasteiger partial charge in [-0.25, -0.2) is 9.59 Å². The van der Waals surface area contributed by atoms with Crippen LogP contribution in [-0.2, 0) is 55.9 Å². The highest BCUT2D eigenvalue weighted by molar-refractivity contribution is 7.85. The smallest absolute Gasteiger partial charge is 0.410 e. The maximum atomic E-state index is 12.8. The maximum absolute atomic E-state index is 12.8. The summed E-state index contributed by atoms with van der Waals surface area (Å²) in [6.45, 7) is 21.0. The SMILES string of the molecule is CCOC(=O)CC1(C(=O)OCC)CCN(CC2CN(CCCCN3CCN(Cc4ccccc4)CC3)C(=O)O2)CC1.CS(=O)(=O)OCC1CN(CCCCN2CCN(Cc3ccccc3)CC2)C(=O)O1. The van der Waals surface area contributed by atoms with E-state index < -0.39 is 21.6 Å². The Morgan fingerprint density at radius 1 is 0.600 bits per heavy atom. The minimum atomic E-state index is -3.52. The van der Waals surface area contributed by atoms with Gasteiger partial charge in [0.05, 0.1) is 44.4 Å². The maximum Gasteiger partial charge on any atom is 0.410 e. The van der Waals surface area contributed by atoms with Crippen LogP contribution in [0.25, 0.3) is 0 Å². The molecular weight excluding hydrogens is 919 g/mol. The monoisotopic (exact) mass is 998 g/mol. The molecule has 0 aliphatic carbocycles. The van der Waals surface area contributed by atoms with Crippen LogP contribution in [0.1, 0.15) is 69.9 Å². The van der Waals surface area contributed by atoms with E-state index in [4.69, 9.17) is 23.1 Å². The van der Waals surface area contributed by atoms with Crippen LogP contribution in [0.5, 0.6) is 0 Å². The topological polar surface area (TPSA) is 171 Å². The molecule has 7 rings (SSSR count). The predicted molar refractivity (Wildman–Crippen MR) is 265 cm³/mol. The van der Waals surface area contributed by atoms with E-state index in [1.807, 2.05) is 11.0 Å². The number of hydrogen-bond acceptors (Lipinski definition) is 16. The minimum absolute atomic E-state index is 0.0447. The third-order valence-corrected chi connectivity index (χ3v) is 14.4. The van der Waals surface area contributed by atoms with Crippen molar-refractivity contribution >= 4 is 34.2 Å². The number of likely N-dealkylation sites (tertiary alicyclic amines) is 1. The fourth-order valence-corrected chi connectivity index (χ4v) is 10.3. The van der Waals surface area contributed by atoms with Crippen LogP contribution in [0.15, 0.2) is 60.7 Å². The summed E-state index contributed by atoms with van der Waals surface area (Å²) in [5, 5.41) is 0. The zero-order valence-corrected chi connectivity index (χ0v) is 42.8. The molecule has 5 heterocycles. The summed E-state index contributed by atoms with van der Waals surface area (Å²) in [6, 6.07) is 21.2.